The lowest BCUT2D eigenvalue weighted by Crippen LogP contribution is -2.32. The molecule has 0 bridgehead atoms. The van der Waals surface area contributed by atoms with Crippen molar-refractivity contribution >= 4 is 5.91 Å². The summed E-state index contributed by atoms with van der Waals surface area (Å²) in [5.74, 6) is 1.48. The quantitative estimate of drug-likeness (QED) is 0.575. The third kappa shape index (κ3) is 6.81. The summed E-state index contributed by atoms with van der Waals surface area (Å²) >= 11 is 0. The summed E-state index contributed by atoms with van der Waals surface area (Å²) in [7, 11) is 0. The van der Waals surface area contributed by atoms with Crippen molar-refractivity contribution in [1.82, 2.24) is 5.32 Å². The molecule has 0 saturated heterocycles. The van der Waals surface area contributed by atoms with Gasteiger partial charge in [0.25, 0.3) is 5.91 Å². The lowest BCUT2D eigenvalue weighted by atomic mass is 9.87. The van der Waals surface area contributed by atoms with Crippen LogP contribution in [0.25, 0.3) is 0 Å². The monoisotopic (exact) mass is 397 g/mol. The van der Waals surface area contributed by atoms with E-state index >= 15 is 0 Å². The Bertz CT molecular complexity index is 791. The fourth-order valence-corrected chi connectivity index (χ4v) is 3.15. The van der Waals surface area contributed by atoms with Crippen LogP contribution < -0.4 is 14.8 Å². The normalized spacial score (nSPS) is 12.3. The van der Waals surface area contributed by atoms with Crippen LogP contribution in [0.15, 0.2) is 42.5 Å². The molecule has 0 spiro atoms. The van der Waals surface area contributed by atoms with Crippen molar-refractivity contribution in [3.8, 4) is 11.5 Å². The van der Waals surface area contributed by atoms with E-state index in [1.54, 1.807) is 6.07 Å². The van der Waals surface area contributed by atoms with Gasteiger partial charge in [0.2, 0.25) is 0 Å². The van der Waals surface area contributed by atoms with E-state index in [1.807, 2.05) is 38.1 Å². The van der Waals surface area contributed by atoms with Gasteiger partial charge in [0, 0.05) is 17.2 Å². The Hall–Kier alpha value is -2.49. The first kappa shape index (κ1) is 22.8. The fraction of sp³-hybridized carbons (Fsp3) is 0.480. The Labute approximate surface area is 175 Å². The largest absolute Gasteiger partial charge is 0.493 e. The molecule has 2 rings (SSSR count). The third-order valence-corrected chi connectivity index (χ3v) is 4.84. The molecule has 0 aromatic heterocycles. The number of nitrogens with one attached hydrogen (secondary N) is 1. The Morgan fingerprint density at radius 3 is 2.31 bits per heavy atom. The van der Waals surface area contributed by atoms with Crippen LogP contribution in [0.4, 0.5) is 0 Å². The van der Waals surface area contributed by atoms with E-state index in [0.29, 0.717) is 18.8 Å². The molecule has 158 valence electrons. The molecule has 4 nitrogen and oxygen atoms in total. The van der Waals surface area contributed by atoms with E-state index in [2.05, 4.69) is 45.1 Å². The van der Waals surface area contributed by atoms with E-state index in [0.717, 1.165) is 29.9 Å². The molecule has 0 heterocycles. The number of carbonyl (C=O) groups is 1. The van der Waals surface area contributed by atoms with Crippen molar-refractivity contribution in [2.45, 2.75) is 72.4 Å². The molecule has 0 radical (unpaired) electrons. The van der Waals surface area contributed by atoms with Crippen LogP contribution >= 0.6 is 0 Å². The molecule has 1 amide bonds. The molecule has 0 saturated carbocycles. The number of hydrogen-bond acceptors (Lipinski definition) is 3. The molecular weight excluding hydrogens is 362 g/mol. The topological polar surface area (TPSA) is 47.6 Å². The second-order valence-corrected chi connectivity index (χ2v) is 8.48. The van der Waals surface area contributed by atoms with Crippen molar-refractivity contribution in [1.29, 1.82) is 0 Å². The molecule has 1 unspecified atom stereocenters. The molecule has 0 aliphatic heterocycles. The van der Waals surface area contributed by atoms with Crippen molar-refractivity contribution in [3.05, 3.63) is 59.2 Å². The van der Waals surface area contributed by atoms with E-state index < -0.39 is 0 Å². The minimum atomic E-state index is -0.0650. The molecule has 2 aromatic rings. The molecule has 2 aromatic carbocycles. The number of amides is 1. The lowest BCUT2D eigenvalue weighted by Gasteiger charge is -2.19. The standard InChI is InChI=1S/C25H35NO3/c1-7-9-18(3)26-24(27)19-10-15-23(28-8-2)20(16-19)17-29-22-13-11-21(12-14-22)25(4,5)6/h10-16,18H,7-9,17H2,1-6H3,(H,26,27). The number of ether oxygens (including phenoxy) is 2. The first-order valence-corrected chi connectivity index (χ1v) is 10.5. The van der Waals surface area contributed by atoms with Gasteiger partial charge in [0.15, 0.2) is 0 Å². The average molecular weight is 398 g/mol. The van der Waals surface area contributed by atoms with Gasteiger partial charge in [-0.2, -0.15) is 0 Å². The summed E-state index contributed by atoms with van der Waals surface area (Å²) in [6.45, 7) is 13.6. The van der Waals surface area contributed by atoms with Crippen LogP contribution in [-0.4, -0.2) is 18.6 Å². The van der Waals surface area contributed by atoms with Gasteiger partial charge in [-0.3, -0.25) is 4.79 Å². The third-order valence-electron chi connectivity index (χ3n) is 4.84. The molecular formula is C25H35NO3. The van der Waals surface area contributed by atoms with Crippen LogP contribution in [0, 0.1) is 0 Å². The molecule has 29 heavy (non-hydrogen) atoms. The van der Waals surface area contributed by atoms with Crippen LogP contribution in [0.2, 0.25) is 0 Å². The van der Waals surface area contributed by atoms with Crippen molar-refractivity contribution in [3.63, 3.8) is 0 Å². The van der Waals surface area contributed by atoms with Crippen LogP contribution in [0.5, 0.6) is 11.5 Å². The summed E-state index contributed by atoms with van der Waals surface area (Å²) in [5.41, 5.74) is 2.86. The van der Waals surface area contributed by atoms with E-state index in [4.69, 9.17) is 9.47 Å². The zero-order valence-electron chi connectivity index (χ0n) is 18.7. The maximum absolute atomic E-state index is 12.6. The fourth-order valence-electron chi connectivity index (χ4n) is 3.15. The highest BCUT2D eigenvalue weighted by Crippen LogP contribution is 2.26. The summed E-state index contributed by atoms with van der Waals surface area (Å²) < 4.78 is 11.7. The van der Waals surface area contributed by atoms with Gasteiger partial charge >= 0.3 is 0 Å². The molecule has 0 aliphatic rings. The highest BCUT2D eigenvalue weighted by atomic mass is 16.5. The van der Waals surface area contributed by atoms with Crippen molar-refractivity contribution < 1.29 is 14.3 Å². The predicted molar refractivity (Wildman–Crippen MR) is 119 cm³/mol. The maximum Gasteiger partial charge on any atom is 0.251 e. The van der Waals surface area contributed by atoms with Crippen LogP contribution in [-0.2, 0) is 12.0 Å². The lowest BCUT2D eigenvalue weighted by molar-refractivity contribution is 0.0938. The van der Waals surface area contributed by atoms with Gasteiger partial charge < -0.3 is 14.8 Å². The highest BCUT2D eigenvalue weighted by Gasteiger charge is 2.15. The van der Waals surface area contributed by atoms with Gasteiger partial charge in [-0.15, -0.1) is 0 Å². The minimum absolute atomic E-state index is 0.0650. The summed E-state index contributed by atoms with van der Waals surface area (Å²) in [5, 5.41) is 3.05. The molecule has 4 heteroatoms. The van der Waals surface area contributed by atoms with Gasteiger partial charge in [0.1, 0.15) is 18.1 Å². The highest BCUT2D eigenvalue weighted by molar-refractivity contribution is 5.94. The Morgan fingerprint density at radius 2 is 1.72 bits per heavy atom. The number of carbonyl (C=O) groups excluding carboxylic acids is 1. The first-order chi connectivity index (χ1) is 13.7. The van der Waals surface area contributed by atoms with Gasteiger partial charge in [-0.1, -0.05) is 46.2 Å². The maximum atomic E-state index is 12.6. The average Bonchev–Trinajstić information content (AvgIpc) is 2.67. The van der Waals surface area contributed by atoms with Gasteiger partial charge in [-0.25, -0.2) is 0 Å². The minimum Gasteiger partial charge on any atom is -0.493 e. The smallest absolute Gasteiger partial charge is 0.251 e. The molecule has 0 fully saturated rings. The second kappa shape index (κ2) is 10.3. The SMILES string of the molecule is CCCC(C)NC(=O)c1ccc(OCC)c(COc2ccc(C(C)(C)C)cc2)c1. The summed E-state index contributed by atoms with van der Waals surface area (Å²) in [4.78, 5) is 12.6. The van der Waals surface area contributed by atoms with Gasteiger partial charge in [0.05, 0.1) is 6.61 Å². The summed E-state index contributed by atoms with van der Waals surface area (Å²) in [6, 6.07) is 13.8. The van der Waals surface area contributed by atoms with Crippen LogP contribution in [0.3, 0.4) is 0 Å². The first-order valence-electron chi connectivity index (χ1n) is 10.5. The van der Waals surface area contributed by atoms with Gasteiger partial charge in [-0.05, 0) is 61.6 Å². The Balaban J connectivity index is 2.13. The zero-order chi connectivity index (χ0) is 21.4. The van der Waals surface area contributed by atoms with Crippen molar-refractivity contribution in [2.75, 3.05) is 6.61 Å². The second-order valence-electron chi connectivity index (χ2n) is 8.48. The van der Waals surface area contributed by atoms with Crippen molar-refractivity contribution in [2.24, 2.45) is 0 Å². The van der Waals surface area contributed by atoms with E-state index in [-0.39, 0.29) is 17.4 Å². The number of hydrogen-bond donors (Lipinski definition) is 1. The Morgan fingerprint density at radius 1 is 1.03 bits per heavy atom. The number of benzene rings is 2. The van der Waals surface area contributed by atoms with E-state index in [9.17, 15) is 4.79 Å². The molecule has 0 aliphatic carbocycles. The van der Waals surface area contributed by atoms with Crippen LogP contribution in [0.1, 0.15) is 75.9 Å². The molecule has 1 atom stereocenters. The molecule has 1 N–H and O–H groups in total. The van der Waals surface area contributed by atoms with E-state index in [1.165, 1.54) is 5.56 Å². The number of rotatable bonds is 9. The summed E-state index contributed by atoms with van der Waals surface area (Å²) in [6.07, 6.45) is 2.00. The zero-order valence-corrected chi connectivity index (χ0v) is 18.7. The Kier molecular flexibility index (Phi) is 8.12. The predicted octanol–water partition coefficient (Wildman–Crippen LogP) is 5.88.